The molecule has 2 aliphatic rings. The standard InChI is InChI=1S/C16H30N2O2/c1-4-7-14-17-15(12(3)5-2)16(19)18(14)10-13-8-6-9-20-11-13/h12-15,17H,4-11H2,1-3H3. The van der Waals surface area contributed by atoms with Crippen molar-refractivity contribution in [2.75, 3.05) is 19.8 Å². The van der Waals surface area contributed by atoms with Gasteiger partial charge in [-0.15, -0.1) is 0 Å². The van der Waals surface area contributed by atoms with Crippen LogP contribution in [0.2, 0.25) is 0 Å². The molecule has 4 heteroatoms. The molecule has 2 rings (SSSR count). The van der Waals surface area contributed by atoms with E-state index in [1.54, 1.807) is 0 Å². The highest BCUT2D eigenvalue weighted by atomic mass is 16.5. The molecule has 2 fully saturated rings. The third kappa shape index (κ3) is 3.53. The Hall–Kier alpha value is -0.610. The Labute approximate surface area is 123 Å². The summed E-state index contributed by atoms with van der Waals surface area (Å²) in [5.74, 6) is 1.24. The fraction of sp³-hybridized carbons (Fsp3) is 0.938. The van der Waals surface area contributed by atoms with Gasteiger partial charge in [-0.25, -0.2) is 0 Å². The molecule has 0 spiro atoms. The summed E-state index contributed by atoms with van der Waals surface area (Å²) in [5, 5.41) is 3.57. The lowest BCUT2D eigenvalue weighted by Crippen LogP contribution is -2.42. The zero-order chi connectivity index (χ0) is 14.5. The quantitative estimate of drug-likeness (QED) is 0.813. The predicted octanol–water partition coefficient (Wildman–Crippen LogP) is 2.39. The maximum Gasteiger partial charge on any atom is 0.241 e. The topological polar surface area (TPSA) is 41.6 Å². The minimum absolute atomic E-state index is 0.0149. The average Bonchev–Trinajstić information content (AvgIpc) is 2.77. The van der Waals surface area contributed by atoms with Crippen molar-refractivity contribution in [1.82, 2.24) is 10.2 Å². The minimum atomic E-state index is 0.0149. The summed E-state index contributed by atoms with van der Waals surface area (Å²) in [6.45, 7) is 9.08. The van der Waals surface area contributed by atoms with Crippen LogP contribution >= 0.6 is 0 Å². The van der Waals surface area contributed by atoms with Crippen LogP contribution in [0.4, 0.5) is 0 Å². The lowest BCUT2D eigenvalue weighted by molar-refractivity contribution is -0.132. The van der Waals surface area contributed by atoms with Crippen molar-refractivity contribution in [3.8, 4) is 0 Å². The van der Waals surface area contributed by atoms with Crippen LogP contribution in [0.25, 0.3) is 0 Å². The molecule has 0 aliphatic carbocycles. The van der Waals surface area contributed by atoms with E-state index < -0.39 is 0 Å². The summed E-state index contributed by atoms with van der Waals surface area (Å²) in [4.78, 5) is 14.8. The van der Waals surface area contributed by atoms with Gasteiger partial charge in [0.1, 0.15) is 0 Å². The lowest BCUT2D eigenvalue weighted by atomic mass is 9.98. The smallest absolute Gasteiger partial charge is 0.241 e. The van der Waals surface area contributed by atoms with Crippen molar-refractivity contribution in [3.05, 3.63) is 0 Å². The second-order valence-corrected chi connectivity index (χ2v) is 6.41. The molecule has 2 aliphatic heterocycles. The van der Waals surface area contributed by atoms with E-state index in [-0.39, 0.29) is 12.2 Å². The normalized spacial score (nSPS) is 32.6. The largest absolute Gasteiger partial charge is 0.381 e. The second-order valence-electron chi connectivity index (χ2n) is 6.41. The van der Waals surface area contributed by atoms with E-state index in [0.717, 1.165) is 45.4 Å². The number of ether oxygens (including phenoxy) is 1. The van der Waals surface area contributed by atoms with E-state index in [2.05, 4.69) is 31.0 Å². The molecular weight excluding hydrogens is 252 g/mol. The highest BCUT2D eigenvalue weighted by Gasteiger charge is 2.41. The number of nitrogens with zero attached hydrogens (tertiary/aromatic N) is 1. The number of nitrogens with one attached hydrogen (secondary N) is 1. The van der Waals surface area contributed by atoms with Crippen molar-refractivity contribution in [1.29, 1.82) is 0 Å². The van der Waals surface area contributed by atoms with Crippen molar-refractivity contribution in [2.24, 2.45) is 11.8 Å². The molecular formula is C16H30N2O2. The zero-order valence-corrected chi connectivity index (χ0v) is 13.2. The molecule has 4 unspecified atom stereocenters. The van der Waals surface area contributed by atoms with Crippen LogP contribution in [0.5, 0.6) is 0 Å². The molecule has 20 heavy (non-hydrogen) atoms. The lowest BCUT2D eigenvalue weighted by Gasteiger charge is -2.30. The summed E-state index contributed by atoms with van der Waals surface area (Å²) < 4.78 is 5.56. The number of carbonyl (C=O) groups excluding carboxylic acids is 1. The van der Waals surface area contributed by atoms with E-state index in [9.17, 15) is 4.79 Å². The molecule has 1 amide bonds. The van der Waals surface area contributed by atoms with Crippen molar-refractivity contribution < 1.29 is 9.53 Å². The average molecular weight is 282 g/mol. The first-order valence-corrected chi connectivity index (χ1v) is 8.31. The Kier molecular flexibility index (Phi) is 5.85. The molecule has 2 saturated heterocycles. The number of hydrogen-bond acceptors (Lipinski definition) is 3. The van der Waals surface area contributed by atoms with Gasteiger partial charge in [-0.05, 0) is 25.2 Å². The van der Waals surface area contributed by atoms with Crippen LogP contribution in [0.1, 0.15) is 52.9 Å². The number of amides is 1. The van der Waals surface area contributed by atoms with Crippen LogP contribution in [-0.2, 0) is 9.53 Å². The van der Waals surface area contributed by atoms with Crippen LogP contribution in [0.3, 0.4) is 0 Å². The number of hydrogen-bond donors (Lipinski definition) is 1. The van der Waals surface area contributed by atoms with Gasteiger partial charge in [0.2, 0.25) is 5.91 Å². The Morgan fingerprint density at radius 2 is 2.25 bits per heavy atom. The Balaban J connectivity index is 2.00. The maximum atomic E-state index is 12.7. The third-order valence-electron chi connectivity index (χ3n) is 4.78. The van der Waals surface area contributed by atoms with Crippen molar-refractivity contribution in [2.45, 2.75) is 65.1 Å². The first kappa shape index (κ1) is 15.8. The third-order valence-corrected chi connectivity index (χ3v) is 4.78. The van der Waals surface area contributed by atoms with Gasteiger partial charge in [0.25, 0.3) is 0 Å². The molecule has 116 valence electrons. The Morgan fingerprint density at radius 3 is 2.85 bits per heavy atom. The van der Waals surface area contributed by atoms with E-state index in [0.29, 0.717) is 17.7 Å². The van der Waals surface area contributed by atoms with Crippen LogP contribution in [0.15, 0.2) is 0 Å². The van der Waals surface area contributed by atoms with Crippen LogP contribution in [0, 0.1) is 11.8 Å². The Morgan fingerprint density at radius 1 is 1.45 bits per heavy atom. The second kappa shape index (κ2) is 7.41. The first-order valence-electron chi connectivity index (χ1n) is 8.31. The number of rotatable bonds is 6. The Bertz CT molecular complexity index is 316. The van der Waals surface area contributed by atoms with Crippen LogP contribution in [-0.4, -0.2) is 42.8 Å². The summed E-state index contributed by atoms with van der Waals surface area (Å²) >= 11 is 0. The molecule has 0 aromatic rings. The maximum absolute atomic E-state index is 12.7. The van der Waals surface area contributed by atoms with Crippen molar-refractivity contribution in [3.63, 3.8) is 0 Å². The predicted molar refractivity (Wildman–Crippen MR) is 80.3 cm³/mol. The van der Waals surface area contributed by atoms with Gasteiger partial charge in [0.15, 0.2) is 0 Å². The minimum Gasteiger partial charge on any atom is -0.381 e. The molecule has 0 aromatic carbocycles. The molecule has 2 heterocycles. The molecule has 0 radical (unpaired) electrons. The van der Waals surface area contributed by atoms with Gasteiger partial charge in [0, 0.05) is 19.1 Å². The fourth-order valence-electron chi connectivity index (χ4n) is 3.30. The molecule has 1 N–H and O–H groups in total. The summed E-state index contributed by atoms with van der Waals surface area (Å²) in [7, 11) is 0. The van der Waals surface area contributed by atoms with E-state index >= 15 is 0 Å². The summed E-state index contributed by atoms with van der Waals surface area (Å²) in [5.41, 5.74) is 0. The highest BCUT2D eigenvalue weighted by molar-refractivity contribution is 5.84. The molecule has 0 aromatic heterocycles. The fourth-order valence-corrected chi connectivity index (χ4v) is 3.30. The van der Waals surface area contributed by atoms with Gasteiger partial charge in [0.05, 0.1) is 18.8 Å². The molecule has 0 bridgehead atoms. The van der Waals surface area contributed by atoms with Gasteiger partial charge in [-0.1, -0.05) is 33.6 Å². The van der Waals surface area contributed by atoms with Gasteiger partial charge < -0.3 is 9.64 Å². The molecule has 4 atom stereocenters. The first-order chi connectivity index (χ1) is 9.67. The molecule has 0 saturated carbocycles. The van der Waals surface area contributed by atoms with E-state index in [1.165, 1.54) is 6.42 Å². The van der Waals surface area contributed by atoms with Gasteiger partial charge in [-0.3, -0.25) is 10.1 Å². The highest BCUT2D eigenvalue weighted by Crippen LogP contribution is 2.25. The summed E-state index contributed by atoms with van der Waals surface area (Å²) in [6.07, 6.45) is 5.75. The monoisotopic (exact) mass is 282 g/mol. The van der Waals surface area contributed by atoms with Gasteiger partial charge in [-0.2, -0.15) is 0 Å². The number of carbonyl (C=O) groups is 1. The van der Waals surface area contributed by atoms with Crippen LogP contribution < -0.4 is 5.32 Å². The molecule has 4 nitrogen and oxygen atoms in total. The van der Waals surface area contributed by atoms with E-state index in [4.69, 9.17) is 4.74 Å². The van der Waals surface area contributed by atoms with Gasteiger partial charge >= 0.3 is 0 Å². The van der Waals surface area contributed by atoms with E-state index in [1.807, 2.05) is 0 Å². The van der Waals surface area contributed by atoms with Crippen molar-refractivity contribution >= 4 is 5.91 Å². The zero-order valence-electron chi connectivity index (χ0n) is 13.2. The SMILES string of the molecule is CCCC1NC(C(C)CC)C(=O)N1CC1CCCOC1. The summed E-state index contributed by atoms with van der Waals surface area (Å²) in [6, 6.07) is 0.0149.